The first kappa shape index (κ1) is 24.7. The topological polar surface area (TPSA) is 29.5 Å². The third-order valence-electron chi connectivity index (χ3n) is 5.56. The van der Waals surface area contributed by atoms with E-state index in [1.807, 2.05) is 24.3 Å². The second-order valence-corrected chi connectivity index (χ2v) is 8.32. The number of hydrogen-bond donors (Lipinski definition) is 0. The molecule has 0 saturated carbocycles. The molecule has 0 aliphatic carbocycles. The number of halogens is 2. The van der Waals surface area contributed by atoms with Gasteiger partial charge in [-0.25, -0.2) is 0 Å². The second kappa shape index (κ2) is 13.7. The van der Waals surface area contributed by atoms with E-state index in [0.29, 0.717) is 16.1 Å². The first-order valence-corrected chi connectivity index (χ1v) is 11.4. The summed E-state index contributed by atoms with van der Waals surface area (Å²) >= 11 is 5.88. The van der Waals surface area contributed by atoms with Crippen molar-refractivity contribution in [2.75, 3.05) is 26.2 Å². The zero-order chi connectivity index (χ0) is 20.3. The standard InChI is InChI=1S/C25H32ClNO2.ClH/c26-23-13-9-21(10-14-23)25(28)22-11-15-24(16-12-22)29-20-8-3-1-2-5-17-27-18-6-4-7-19-27;/h9-16H,1-8,17-20H2;1H. The second-order valence-electron chi connectivity index (χ2n) is 7.88. The van der Waals surface area contributed by atoms with Crippen LogP contribution >= 0.6 is 24.0 Å². The van der Waals surface area contributed by atoms with E-state index < -0.39 is 0 Å². The van der Waals surface area contributed by atoms with Crippen LogP contribution in [-0.4, -0.2) is 36.9 Å². The van der Waals surface area contributed by atoms with Crippen molar-refractivity contribution in [2.24, 2.45) is 0 Å². The highest BCUT2D eigenvalue weighted by Gasteiger charge is 2.10. The molecule has 30 heavy (non-hydrogen) atoms. The maximum atomic E-state index is 12.5. The first-order valence-electron chi connectivity index (χ1n) is 11.0. The van der Waals surface area contributed by atoms with Crippen LogP contribution in [0.3, 0.4) is 0 Å². The molecule has 5 heteroatoms. The van der Waals surface area contributed by atoms with Gasteiger partial charge in [-0.3, -0.25) is 4.79 Å². The van der Waals surface area contributed by atoms with Crippen LogP contribution in [0.5, 0.6) is 5.75 Å². The fourth-order valence-corrected chi connectivity index (χ4v) is 3.94. The highest BCUT2D eigenvalue weighted by atomic mass is 35.5. The number of ether oxygens (including phenoxy) is 1. The number of ketones is 1. The fourth-order valence-electron chi connectivity index (χ4n) is 3.81. The van der Waals surface area contributed by atoms with Crippen molar-refractivity contribution in [3.63, 3.8) is 0 Å². The number of carbonyl (C=O) groups excluding carboxylic acids is 1. The summed E-state index contributed by atoms with van der Waals surface area (Å²) in [7, 11) is 0. The average Bonchev–Trinajstić information content (AvgIpc) is 2.77. The fraction of sp³-hybridized carbons (Fsp3) is 0.480. The summed E-state index contributed by atoms with van der Waals surface area (Å²) in [5.41, 5.74) is 1.30. The van der Waals surface area contributed by atoms with E-state index in [-0.39, 0.29) is 18.2 Å². The van der Waals surface area contributed by atoms with E-state index in [9.17, 15) is 4.79 Å². The minimum Gasteiger partial charge on any atom is -0.494 e. The quantitative estimate of drug-likeness (QED) is 0.278. The molecule has 164 valence electrons. The number of nitrogens with zero attached hydrogens (tertiary/aromatic N) is 1. The molecule has 1 saturated heterocycles. The minimum absolute atomic E-state index is 0. The van der Waals surface area contributed by atoms with E-state index in [2.05, 4.69) is 4.90 Å². The number of rotatable bonds is 11. The molecule has 2 aromatic rings. The molecule has 0 atom stereocenters. The van der Waals surface area contributed by atoms with Crippen LogP contribution in [0, 0.1) is 0 Å². The molecule has 3 nitrogen and oxygen atoms in total. The third kappa shape index (κ3) is 8.29. The van der Waals surface area contributed by atoms with Gasteiger partial charge in [0.15, 0.2) is 5.78 Å². The molecule has 2 aromatic carbocycles. The molecule has 0 spiro atoms. The maximum Gasteiger partial charge on any atom is 0.193 e. The minimum atomic E-state index is -0.00206. The van der Waals surface area contributed by atoms with Gasteiger partial charge in [-0.15, -0.1) is 12.4 Å². The van der Waals surface area contributed by atoms with Gasteiger partial charge in [0.1, 0.15) is 5.75 Å². The Morgan fingerprint density at radius 3 is 2.03 bits per heavy atom. The SMILES string of the molecule is Cl.O=C(c1ccc(Cl)cc1)c1ccc(OCCCCCCCN2CCCCC2)cc1. The van der Waals surface area contributed by atoms with E-state index >= 15 is 0 Å². The Morgan fingerprint density at radius 2 is 1.37 bits per heavy atom. The first-order chi connectivity index (χ1) is 14.2. The predicted molar refractivity (Wildman–Crippen MR) is 127 cm³/mol. The summed E-state index contributed by atoms with van der Waals surface area (Å²) in [5.74, 6) is 0.820. The van der Waals surface area contributed by atoms with Gasteiger partial charge in [0.05, 0.1) is 6.61 Å². The molecule has 0 radical (unpaired) electrons. The molecular weight excluding hydrogens is 417 g/mol. The van der Waals surface area contributed by atoms with Crippen molar-refractivity contribution in [3.8, 4) is 5.75 Å². The van der Waals surface area contributed by atoms with E-state index in [4.69, 9.17) is 16.3 Å². The van der Waals surface area contributed by atoms with Crippen molar-refractivity contribution in [1.29, 1.82) is 0 Å². The normalized spacial score (nSPS) is 14.2. The summed E-state index contributed by atoms with van der Waals surface area (Å²) in [4.78, 5) is 15.1. The van der Waals surface area contributed by atoms with Gasteiger partial charge in [0.2, 0.25) is 0 Å². The van der Waals surface area contributed by atoms with Crippen LogP contribution in [0.2, 0.25) is 5.02 Å². The molecule has 0 aromatic heterocycles. The summed E-state index contributed by atoms with van der Waals surface area (Å²) in [6.07, 6.45) is 10.4. The highest BCUT2D eigenvalue weighted by molar-refractivity contribution is 6.30. The molecule has 0 amide bonds. The van der Waals surface area contributed by atoms with Gasteiger partial charge in [0, 0.05) is 16.1 Å². The van der Waals surface area contributed by atoms with Crippen molar-refractivity contribution in [3.05, 3.63) is 64.7 Å². The van der Waals surface area contributed by atoms with Crippen LogP contribution in [0.4, 0.5) is 0 Å². The Labute approximate surface area is 192 Å². The van der Waals surface area contributed by atoms with E-state index in [0.717, 1.165) is 18.8 Å². The molecule has 0 bridgehead atoms. The van der Waals surface area contributed by atoms with Gasteiger partial charge in [-0.05, 0) is 93.8 Å². The predicted octanol–water partition coefficient (Wildman–Crippen LogP) is 6.81. The molecule has 1 aliphatic heterocycles. The monoisotopic (exact) mass is 449 g/mol. The zero-order valence-electron chi connectivity index (χ0n) is 17.7. The van der Waals surface area contributed by atoms with Crippen LogP contribution in [0.15, 0.2) is 48.5 Å². The van der Waals surface area contributed by atoms with E-state index in [1.54, 1.807) is 24.3 Å². The largest absolute Gasteiger partial charge is 0.494 e. The Hall–Kier alpha value is -1.55. The summed E-state index contributed by atoms with van der Waals surface area (Å²) in [6, 6.07) is 14.4. The Bertz CT molecular complexity index is 741. The summed E-state index contributed by atoms with van der Waals surface area (Å²) < 4.78 is 5.83. The van der Waals surface area contributed by atoms with Crippen molar-refractivity contribution in [2.45, 2.75) is 51.4 Å². The van der Waals surface area contributed by atoms with Gasteiger partial charge in [0.25, 0.3) is 0 Å². The smallest absolute Gasteiger partial charge is 0.193 e. The zero-order valence-corrected chi connectivity index (χ0v) is 19.2. The van der Waals surface area contributed by atoms with Crippen molar-refractivity contribution < 1.29 is 9.53 Å². The summed E-state index contributed by atoms with van der Waals surface area (Å²) in [6.45, 7) is 4.62. The molecule has 0 unspecified atom stereocenters. The van der Waals surface area contributed by atoms with Crippen LogP contribution in [0.1, 0.15) is 67.3 Å². The lowest BCUT2D eigenvalue weighted by atomic mass is 10.0. The summed E-state index contributed by atoms with van der Waals surface area (Å²) in [5, 5.41) is 0.632. The number of piperidine rings is 1. The molecule has 1 heterocycles. The maximum absolute atomic E-state index is 12.5. The van der Waals surface area contributed by atoms with Gasteiger partial charge in [-0.1, -0.05) is 37.3 Å². The highest BCUT2D eigenvalue weighted by Crippen LogP contribution is 2.18. The average molecular weight is 450 g/mol. The van der Waals surface area contributed by atoms with Gasteiger partial charge in [-0.2, -0.15) is 0 Å². The Kier molecular flexibility index (Phi) is 11.3. The molecular formula is C25H33Cl2NO2. The van der Waals surface area contributed by atoms with Crippen LogP contribution < -0.4 is 4.74 Å². The molecule has 3 rings (SSSR count). The van der Waals surface area contributed by atoms with Crippen LogP contribution in [-0.2, 0) is 0 Å². The number of carbonyl (C=O) groups is 1. The van der Waals surface area contributed by atoms with Crippen LogP contribution in [0.25, 0.3) is 0 Å². The Morgan fingerprint density at radius 1 is 0.800 bits per heavy atom. The molecule has 1 aliphatic rings. The van der Waals surface area contributed by atoms with Crippen molar-refractivity contribution in [1.82, 2.24) is 4.90 Å². The number of unbranched alkanes of at least 4 members (excludes halogenated alkanes) is 4. The number of likely N-dealkylation sites (tertiary alicyclic amines) is 1. The third-order valence-corrected chi connectivity index (χ3v) is 5.81. The lowest BCUT2D eigenvalue weighted by molar-refractivity contribution is 0.103. The number of hydrogen-bond acceptors (Lipinski definition) is 3. The van der Waals surface area contributed by atoms with E-state index in [1.165, 1.54) is 64.6 Å². The molecule has 0 N–H and O–H groups in total. The van der Waals surface area contributed by atoms with Crippen molar-refractivity contribution >= 4 is 29.8 Å². The lowest BCUT2D eigenvalue weighted by Crippen LogP contribution is -2.30. The van der Waals surface area contributed by atoms with Gasteiger partial charge >= 0.3 is 0 Å². The van der Waals surface area contributed by atoms with Gasteiger partial charge < -0.3 is 9.64 Å². The lowest BCUT2D eigenvalue weighted by Gasteiger charge is -2.26. The molecule has 1 fully saturated rings. The Balaban J connectivity index is 0.00000320. The number of benzene rings is 2.